The molecule has 4 atom stereocenters. The van der Waals surface area contributed by atoms with Crippen molar-refractivity contribution in [3.05, 3.63) is 209 Å². The number of fused-ring (bicyclic) bond motifs is 1. The molecule has 2 N–H and O–H groups in total. The molecule has 8 heteroatoms. The van der Waals surface area contributed by atoms with E-state index >= 15 is 0 Å². The van der Waals surface area contributed by atoms with E-state index in [2.05, 4.69) is 12.1 Å². The minimum Gasteiger partial charge on any atom is -0.481 e. The van der Waals surface area contributed by atoms with E-state index in [1.165, 1.54) is 11.1 Å². The lowest BCUT2D eigenvalue weighted by atomic mass is 9.52. The van der Waals surface area contributed by atoms with Gasteiger partial charge in [0, 0.05) is 36.5 Å². The Balaban J connectivity index is 0.000000167. The topological polar surface area (TPSA) is 127 Å². The summed E-state index contributed by atoms with van der Waals surface area (Å²) < 4.78 is 11.7. The van der Waals surface area contributed by atoms with Gasteiger partial charge >= 0.3 is 23.9 Å². The molecular formula is C52H46O8. The summed E-state index contributed by atoms with van der Waals surface area (Å²) in [7, 11) is 0. The predicted octanol–water partition coefficient (Wildman–Crippen LogP) is 9.39. The lowest BCUT2D eigenvalue weighted by molar-refractivity contribution is -0.168. The van der Waals surface area contributed by atoms with Gasteiger partial charge in [0.05, 0.1) is 23.7 Å². The zero-order chi connectivity index (χ0) is 41.8. The number of carbonyl (C=O) groups is 4. The van der Waals surface area contributed by atoms with E-state index in [-0.39, 0.29) is 12.1 Å². The highest BCUT2D eigenvalue weighted by Crippen LogP contribution is 2.59. The molecule has 0 radical (unpaired) electrons. The molecule has 0 heterocycles. The maximum Gasteiger partial charge on any atom is 0.315 e. The number of rotatable bonds is 10. The second-order valence-electron chi connectivity index (χ2n) is 16.0. The Hall–Kier alpha value is -6.80. The molecular weight excluding hydrogens is 753 g/mol. The Morgan fingerprint density at radius 1 is 0.450 bits per heavy atom. The molecule has 9 rings (SSSR count). The highest BCUT2D eigenvalue weighted by Gasteiger charge is 2.60. The molecule has 0 spiro atoms. The van der Waals surface area contributed by atoms with Gasteiger partial charge in [-0.05, 0) is 58.0 Å². The molecule has 60 heavy (non-hydrogen) atoms. The second kappa shape index (κ2) is 17.6. The number of carboxylic acid groups (broad SMARTS) is 2. The summed E-state index contributed by atoms with van der Waals surface area (Å²) >= 11 is 0. The van der Waals surface area contributed by atoms with Crippen LogP contribution in [0, 0.1) is 30.6 Å². The minimum absolute atomic E-state index is 0.193. The Kier molecular flexibility index (Phi) is 11.7. The molecule has 0 bridgehead atoms. The maximum atomic E-state index is 13.5. The standard InChI is InChI=1S/C27H24O4.C25H22O4/c28-26(29)24-22(17-9-3-1-4-10-17)25(23(24)18-11-5-2-6-12-18)27(30)31-21-15-19-13-7-8-14-20(19)16-21;1-16-9-8-14-19(15-16)29-25(28)23-20(17-10-4-2-5-11-17)22(24(26)27)21(23)18-12-6-3-7-13-18/h1-14,21-25H,15-16H2,(H,28,29);2-15,20-23H,1H3,(H,26,27)/t22-,23-,24?,25?;20-,21-,22?,23?/m11/s1. The summed E-state index contributed by atoms with van der Waals surface area (Å²) in [6, 6.07) is 53.2. The van der Waals surface area contributed by atoms with Crippen molar-refractivity contribution in [2.75, 3.05) is 0 Å². The van der Waals surface area contributed by atoms with E-state index in [1.807, 2.05) is 153 Å². The number of carboxylic acids is 2. The molecule has 8 nitrogen and oxygen atoms in total. The van der Waals surface area contributed by atoms with Gasteiger partial charge in [0.15, 0.2) is 0 Å². The van der Waals surface area contributed by atoms with Gasteiger partial charge in [0.25, 0.3) is 0 Å². The number of carbonyl (C=O) groups excluding carboxylic acids is 2. The number of benzene rings is 6. The maximum absolute atomic E-state index is 13.5. The van der Waals surface area contributed by atoms with Crippen molar-refractivity contribution in [2.24, 2.45) is 23.7 Å². The third kappa shape index (κ3) is 8.10. The third-order valence-corrected chi connectivity index (χ3v) is 12.5. The zero-order valence-corrected chi connectivity index (χ0v) is 33.1. The Morgan fingerprint density at radius 3 is 1.18 bits per heavy atom. The lowest BCUT2D eigenvalue weighted by Gasteiger charge is -2.49. The molecule has 0 aliphatic heterocycles. The highest BCUT2D eigenvalue weighted by molar-refractivity contribution is 5.86. The van der Waals surface area contributed by atoms with Crippen LogP contribution in [0.4, 0.5) is 0 Å². The molecule has 6 aromatic rings. The number of hydrogen-bond donors (Lipinski definition) is 2. The number of aryl methyl sites for hydroxylation is 1. The zero-order valence-electron chi connectivity index (χ0n) is 33.1. The average Bonchev–Trinajstić information content (AvgIpc) is 3.64. The SMILES string of the molecule is Cc1cccc(OC(=O)C2[C@H](c3ccccc3)C(C(=O)O)[C@H]2c2ccccc2)c1.O=C(O)C1[C@@H](c2ccccc2)C(C(=O)OC2Cc3ccccc3C2)[C@@H]1c1ccccc1. The monoisotopic (exact) mass is 798 g/mol. The van der Waals surface area contributed by atoms with Crippen LogP contribution >= 0.6 is 0 Å². The van der Waals surface area contributed by atoms with Crippen LogP contribution in [-0.2, 0) is 36.8 Å². The number of hydrogen-bond acceptors (Lipinski definition) is 6. The molecule has 302 valence electrons. The van der Waals surface area contributed by atoms with Gasteiger partial charge < -0.3 is 19.7 Å². The van der Waals surface area contributed by atoms with E-state index in [9.17, 15) is 29.4 Å². The summed E-state index contributed by atoms with van der Waals surface area (Å²) in [5.41, 5.74) is 6.87. The van der Waals surface area contributed by atoms with Gasteiger partial charge in [-0.15, -0.1) is 0 Å². The smallest absolute Gasteiger partial charge is 0.315 e. The first-order valence-electron chi connectivity index (χ1n) is 20.4. The number of esters is 2. The minimum atomic E-state index is -0.896. The van der Waals surface area contributed by atoms with Gasteiger partial charge in [-0.2, -0.15) is 0 Å². The molecule has 2 saturated carbocycles. The molecule has 2 fully saturated rings. The Labute approximate surface area is 349 Å². The van der Waals surface area contributed by atoms with Crippen molar-refractivity contribution < 1.29 is 38.9 Å². The molecule has 0 unspecified atom stereocenters. The Morgan fingerprint density at radius 2 is 0.817 bits per heavy atom. The van der Waals surface area contributed by atoms with Gasteiger partial charge in [-0.25, -0.2) is 0 Å². The van der Waals surface area contributed by atoms with Crippen molar-refractivity contribution in [2.45, 2.75) is 49.5 Å². The van der Waals surface area contributed by atoms with Crippen LogP contribution in [0.5, 0.6) is 5.75 Å². The normalized spacial score (nSPS) is 23.9. The fourth-order valence-electron chi connectivity index (χ4n) is 9.76. The van der Waals surface area contributed by atoms with E-state index in [1.54, 1.807) is 12.1 Å². The fraction of sp³-hybridized carbons (Fsp3) is 0.231. The van der Waals surface area contributed by atoms with Gasteiger partial charge in [-0.1, -0.05) is 158 Å². The molecule has 0 aromatic heterocycles. The van der Waals surface area contributed by atoms with Crippen LogP contribution in [-0.4, -0.2) is 40.2 Å². The van der Waals surface area contributed by atoms with Crippen molar-refractivity contribution in [3.8, 4) is 5.75 Å². The van der Waals surface area contributed by atoms with Crippen molar-refractivity contribution in [3.63, 3.8) is 0 Å². The van der Waals surface area contributed by atoms with Gasteiger partial charge in [-0.3, -0.25) is 19.2 Å². The van der Waals surface area contributed by atoms with E-state index in [0.717, 1.165) is 27.8 Å². The molecule has 3 aliphatic rings. The first-order chi connectivity index (χ1) is 29.2. The van der Waals surface area contributed by atoms with Gasteiger partial charge in [0.1, 0.15) is 11.9 Å². The summed E-state index contributed by atoms with van der Waals surface area (Å²) in [6.07, 6.45) is 1.23. The summed E-state index contributed by atoms with van der Waals surface area (Å²) in [5, 5.41) is 20.0. The number of aliphatic carboxylic acids is 2. The van der Waals surface area contributed by atoms with E-state index in [4.69, 9.17) is 9.47 Å². The summed E-state index contributed by atoms with van der Waals surface area (Å²) in [4.78, 5) is 51.1. The molecule has 0 saturated heterocycles. The first kappa shape index (κ1) is 40.0. The quantitative estimate of drug-likeness (QED) is 0.104. The third-order valence-electron chi connectivity index (χ3n) is 12.5. The van der Waals surface area contributed by atoms with Crippen LogP contribution in [0.2, 0.25) is 0 Å². The van der Waals surface area contributed by atoms with E-state index < -0.39 is 65.3 Å². The highest BCUT2D eigenvalue weighted by atomic mass is 16.5. The van der Waals surface area contributed by atoms with E-state index in [0.29, 0.717) is 18.6 Å². The average molecular weight is 799 g/mol. The van der Waals surface area contributed by atoms with Crippen LogP contribution in [0.3, 0.4) is 0 Å². The largest absolute Gasteiger partial charge is 0.481 e. The molecule has 3 aliphatic carbocycles. The fourth-order valence-corrected chi connectivity index (χ4v) is 9.76. The van der Waals surface area contributed by atoms with Crippen LogP contribution < -0.4 is 4.74 Å². The number of ether oxygens (including phenoxy) is 2. The van der Waals surface area contributed by atoms with Crippen molar-refractivity contribution in [1.82, 2.24) is 0 Å². The molecule has 6 aromatic carbocycles. The summed E-state index contributed by atoms with van der Waals surface area (Å²) in [6.45, 7) is 1.93. The predicted molar refractivity (Wildman–Crippen MR) is 227 cm³/mol. The Bertz CT molecular complexity index is 2330. The van der Waals surface area contributed by atoms with Crippen LogP contribution in [0.25, 0.3) is 0 Å². The van der Waals surface area contributed by atoms with Crippen molar-refractivity contribution in [1.29, 1.82) is 0 Å². The van der Waals surface area contributed by atoms with Gasteiger partial charge in [0.2, 0.25) is 0 Å². The van der Waals surface area contributed by atoms with Crippen LogP contribution in [0.15, 0.2) is 170 Å². The first-order valence-corrected chi connectivity index (χ1v) is 20.4. The summed E-state index contributed by atoms with van der Waals surface area (Å²) in [5.74, 6) is -6.09. The second-order valence-corrected chi connectivity index (χ2v) is 16.0. The lowest BCUT2D eigenvalue weighted by Crippen LogP contribution is -2.52. The van der Waals surface area contributed by atoms with Crippen molar-refractivity contribution >= 4 is 23.9 Å². The molecule has 0 amide bonds. The van der Waals surface area contributed by atoms with Crippen LogP contribution in [0.1, 0.15) is 62.6 Å².